The van der Waals surface area contributed by atoms with E-state index < -0.39 is 12.5 Å². The summed E-state index contributed by atoms with van der Waals surface area (Å²) in [5, 5.41) is 5.86. The Labute approximate surface area is 157 Å². The Balaban J connectivity index is 1.66. The number of piperazine rings is 1. The molecule has 0 bridgehead atoms. The summed E-state index contributed by atoms with van der Waals surface area (Å²) in [7, 11) is 1.57. The van der Waals surface area contributed by atoms with Gasteiger partial charge in [-0.3, -0.25) is 9.69 Å². The van der Waals surface area contributed by atoms with Crippen molar-refractivity contribution < 1.29 is 18.3 Å². The first kappa shape index (κ1) is 19.3. The fourth-order valence-electron chi connectivity index (χ4n) is 3.14. The largest absolute Gasteiger partial charge is 0.497 e. The van der Waals surface area contributed by atoms with E-state index in [-0.39, 0.29) is 12.5 Å². The topological polar surface area (TPSA) is 53.6 Å². The van der Waals surface area contributed by atoms with Crippen LogP contribution in [0, 0.1) is 0 Å². The summed E-state index contributed by atoms with van der Waals surface area (Å²) >= 11 is 0. The molecule has 0 spiro atoms. The average Bonchev–Trinajstić information content (AvgIpc) is 2.68. The first-order valence-corrected chi connectivity index (χ1v) is 8.84. The van der Waals surface area contributed by atoms with Crippen molar-refractivity contribution in [3.63, 3.8) is 0 Å². The lowest BCUT2D eigenvalue weighted by molar-refractivity contribution is 0.00829. The minimum Gasteiger partial charge on any atom is -0.497 e. The minimum absolute atomic E-state index is 0.234. The number of methoxy groups -OCH3 is 1. The minimum atomic E-state index is -2.39. The highest BCUT2D eigenvalue weighted by Gasteiger charge is 2.29. The lowest BCUT2D eigenvalue weighted by Crippen LogP contribution is -2.53. The number of halogens is 2. The number of carbonyl (C=O) groups is 1. The van der Waals surface area contributed by atoms with Gasteiger partial charge in [-0.1, -0.05) is 12.1 Å². The molecule has 1 heterocycles. The average molecular weight is 375 g/mol. The summed E-state index contributed by atoms with van der Waals surface area (Å²) in [6, 6.07) is 13.3. The third-order valence-corrected chi connectivity index (χ3v) is 4.61. The van der Waals surface area contributed by atoms with Gasteiger partial charge in [0.15, 0.2) is 0 Å². The zero-order valence-corrected chi connectivity index (χ0v) is 15.1. The molecule has 1 aliphatic heterocycles. The zero-order valence-electron chi connectivity index (χ0n) is 15.1. The number of rotatable bonds is 6. The van der Waals surface area contributed by atoms with Crippen molar-refractivity contribution >= 4 is 11.6 Å². The number of nitrogens with one attached hydrogen (secondary N) is 2. The molecule has 5 nitrogen and oxygen atoms in total. The smallest absolute Gasteiger partial charge is 0.255 e. The van der Waals surface area contributed by atoms with E-state index in [0.29, 0.717) is 36.6 Å². The second kappa shape index (κ2) is 8.92. The molecule has 7 heteroatoms. The molecule has 2 aromatic rings. The van der Waals surface area contributed by atoms with Gasteiger partial charge in [0.1, 0.15) is 5.75 Å². The number of hydrogen-bond donors (Lipinski definition) is 2. The number of hydrogen-bond acceptors (Lipinski definition) is 4. The van der Waals surface area contributed by atoms with Crippen molar-refractivity contribution in [3.05, 3.63) is 59.7 Å². The van der Waals surface area contributed by atoms with Gasteiger partial charge in [-0.2, -0.15) is 0 Å². The Kier molecular flexibility index (Phi) is 6.36. The van der Waals surface area contributed by atoms with Crippen molar-refractivity contribution in [1.29, 1.82) is 0 Å². The summed E-state index contributed by atoms with van der Waals surface area (Å²) in [5.74, 6) is 0.445. The van der Waals surface area contributed by atoms with Gasteiger partial charge in [-0.05, 0) is 42.0 Å². The van der Waals surface area contributed by atoms with Gasteiger partial charge in [0, 0.05) is 37.4 Å². The maximum Gasteiger partial charge on any atom is 0.255 e. The number of ether oxygens (including phenoxy) is 1. The Hall–Kier alpha value is -2.51. The lowest BCUT2D eigenvalue weighted by atomic mass is 10.1. The summed E-state index contributed by atoms with van der Waals surface area (Å²) in [6.45, 7) is 1.96. The maximum absolute atomic E-state index is 13.2. The first-order chi connectivity index (χ1) is 13.1. The molecule has 1 atom stereocenters. The molecular weight excluding hydrogens is 352 g/mol. The fourth-order valence-corrected chi connectivity index (χ4v) is 3.14. The standard InChI is InChI=1S/C20H23F2N3O2/c1-27-17-7-5-15(6-8-17)20(26)24-16-4-2-3-14(11-16)13-25-10-9-23-12-18(25)19(21)22/h2-8,11,18-19,23H,9-10,12-13H2,1H3,(H,24,26). The van der Waals surface area contributed by atoms with Crippen LogP contribution in [0.25, 0.3) is 0 Å². The lowest BCUT2D eigenvalue weighted by Gasteiger charge is -2.35. The van der Waals surface area contributed by atoms with Crippen molar-refractivity contribution in [2.75, 3.05) is 32.1 Å². The third-order valence-electron chi connectivity index (χ3n) is 4.61. The van der Waals surface area contributed by atoms with E-state index in [1.807, 2.05) is 18.2 Å². The summed E-state index contributed by atoms with van der Waals surface area (Å²) in [4.78, 5) is 14.2. The van der Waals surface area contributed by atoms with Crippen molar-refractivity contribution in [2.45, 2.75) is 19.0 Å². The van der Waals surface area contributed by atoms with Crippen LogP contribution in [0.3, 0.4) is 0 Å². The van der Waals surface area contributed by atoms with Crippen LogP contribution < -0.4 is 15.4 Å². The third kappa shape index (κ3) is 5.02. The molecule has 3 rings (SSSR count). The second-order valence-corrected chi connectivity index (χ2v) is 6.46. The fraction of sp³-hybridized carbons (Fsp3) is 0.350. The highest BCUT2D eigenvalue weighted by Crippen LogP contribution is 2.19. The van der Waals surface area contributed by atoms with Crippen LogP contribution in [0.2, 0.25) is 0 Å². The molecule has 1 fully saturated rings. The normalized spacial score (nSPS) is 17.7. The van der Waals surface area contributed by atoms with Crippen LogP contribution in [-0.2, 0) is 6.54 Å². The molecule has 2 aromatic carbocycles. The number of nitrogens with zero attached hydrogens (tertiary/aromatic N) is 1. The van der Waals surface area contributed by atoms with Gasteiger partial charge in [0.05, 0.1) is 13.2 Å². The molecule has 1 saturated heterocycles. The van der Waals surface area contributed by atoms with Gasteiger partial charge in [0.25, 0.3) is 12.3 Å². The Bertz CT molecular complexity index is 768. The van der Waals surface area contributed by atoms with E-state index in [0.717, 1.165) is 5.56 Å². The van der Waals surface area contributed by atoms with Crippen LogP contribution in [0.15, 0.2) is 48.5 Å². The van der Waals surface area contributed by atoms with Gasteiger partial charge in [0.2, 0.25) is 0 Å². The molecule has 1 unspecified atom stereocenters. The first-order valence-electron chi connectivity index (χ1n) is 8.84. The van der Waals surface area contributed by atoms with E-state index in [2.05, 4.69) is 10.6 Å². The molecular formula is C20H23F2N3O2. The van der Waals surface area contributed by atoms with Crippen LogP contribution >= 0.6 is 0 Å². The molecule has 1 amide bonds. The Morgan fingerprint density at radius 1 is 1.30 bits per heavy atom. The van der Waals surface area contributed by atoms with Crippen LogP contribution in [0.4, 0.5) is 14.5 Å². The summed E-state index contributed by atoms with van der Waals surface area (Å²) in [6.07, 6.45) is -2.39. The van der Waals surface area contributed by atoms with Gasteiger partial charge in [-0.15, -0.1) is 0 Å². The monoisotopic (exact) mass is 375 g/mol. The Morgan fingerprint density at radius 3 is 2.78 bits per heavy atom. The summed E-state index contributed by atoms with van der Waals surface area (Å²) < 4.78 is 31.5. The predicted octanol–water partition coefficient (Wildman–Crippen LogP) is 2.99. The number of amides is 1. The molecule has 0 radical (unpaired) electrons. The van der Waals surface area contributed by atoms with E-state index >= 15 is 0 Å². The predicted molar refractivity (Wildman–Crippen MR) is 100 cm³/mol. The number of carbonyl (C=O) groups excluding carboxylic acids is 1. The molecule has 1 aliphatic rings. The highest BCUT2D eigenvalue weighted by atomic mass is 19.3. The van der Waals surface area contributed by atoms with E-state index in [4.69, 9.17) is 4.74 Å². The number of benzene rings is 2. The van der Waals surface area contributed by atoms with Gasteiger partial charge < -0.3 is 15.4 Å². The molecule has 0 aliphatic carbocycles. The quantitative estimate of drug-likeness (QED) is 0.815. The van der Waals surface area contributed by atoms with Crippen LogP contribution in [0.5, 0.6) is 5.75 Å². The summed E-state index contributed by atoms with van der Waals surface area (Å²) in [5.41, 5.74) is 2.04. The van der Waals surface area contributed by atoms with Gasteiger partial charge >= 0.3 is 0 Å². The van der Waals surface area contributed by atoms with Crippen LogP contribution in [0.1, 0.15) is 15.9 Å². The van der Waals surface area contributed by atoms with E-state index in [1.165, 1.54) is 0 Å². The van der Waals surface area contributed by atoms with E-state index in [1.54, 1.807) is 42.3 Å². The maximum atomic E-state index is 13.2. The zero-order chi connectivity index (χ0) is 19.2. The molecule has 144 valence electrons. The highest BCUT2D eigenvalue weighted by molar-refractivity contribution is 6.04. The van der Waals surface area contributed by atoms with Crippen molar-refractivity contribution in [3.8, 4) is 5.75 Å². The van der Waals surface area contributed by atoms with Gasteiger partial charge in [-0.25, -0.2) is 8.78 Å². The van der Waals surface area contributed by atoms with Crippen molar-refractivity contribution in [1.82, 2.24) is 10.2 Å². The number of anilines is 1. The molecule has 0 saturated carbocycles. The molecule has 2 N–H and O–H groups in total. The molecule has 0 aromatic heterocycles. The van der Waals surface area contributed by atoms with Crippen LogP contribution in [-0.4, -0.2) is 50.0 Å². The number of alkyl halides is 2. The van der Waals surface area contributed by atoms with E-state index in [9.17, 15) is 13.6 Å². The Morgan fingerprint density at radius 2 is 2.07 bits per heavy atom. The second-order valence-electron chi connectivity index (χ2n) is 6.46. The molecule has 27 heavy (non-hydrogen) atoms. The SMILES string of the molecule is COc1ccc(C(=O)Nc2cccc(CN3CCNCC3C(F)F)c2)cc1. The van der Waals surface area contributed by atoms with Crippen molar-refractivity contribution in [2.24, 2.45) is 0 Å².